The number of para-hydroxylation sites is 1. The zero-order chi connectivity index (χ0) is 18.2. The highest BCUT2D eigenvalue weighted by Gasteiger charge is 2.29. The lowest BCUT2D eigenvalue weighted by Crippen LogP contribution is -2.27. The molecule has 132 valence electrons. The fourth-order valence-electron chi connectivity index (χ4n) is 2.87. The second kappa shape index (κ2) is 6.45. The maximum atomic E-state index is 13.1. The van der Waals surface area contributed by atoms with Crippen LogP contribution in [-0.2, 0) is 23.6 Å². The minimum atomic E-state index is -3.66. The van der Waals surface area contributed by atoms with Gasteiger partial charge in [-0.1, -0.05) is 18.2 Å². The van der Waals surface area contributed by atoms with Gasteiger partial charge in [0.15, 0.2) is 0 Å². The summed E-state index contributed by atoms with van der Waals surface area (Å²) in [5.74, 6) is 0. The highest BCUT2D eigenvalue weighted by atomic mass is 32.2. The average Bonchev–Trinajstić information content (AvgIpc) is 3.11. The van der Waals surface area contributed by atoms with Gasteiger partial charge < -0.3 is 0 Å². The molecule has 0 saturated heterocycles. The standard InChI is InChI=1S/C17H21N5O2S/c1-13-17(14(2)22(19-13)16-8-6-5-7-9-16)25(23,24)21(4)12-15-10-18-20(3)11-15/h5-11H,12H2,1-4H3. The lowest BCUT2D eigenvalue weighted by Gasteiger charge is -2.16. The van der Waals surface area contributed by atoms with Crippen LogP contribution in [0, 0.1) is 13.8 Å². The van der Waals surface area contributed by atoms with Gasteiger partial charge in [-0.3, -0.25) is 4.68 Å². The Morgan fingerprint density at radius 3 is 2.44 bits per heavy atom. The summed E-state index contributed by atoms with van der Waals surface area (Å²) in [5.41, 5.74) is 2.75. The summed E-state index contributed by atoms with van der Waals surface area (Å²) < 4.78 is 30.8. The third-order valence-electron chi connectivity index (χ3n) is 4.06. The molecule has 0 amide bonds. The Balaban J connectivity index is 1.98. The molecule has 0 aliphatic carbocycles. The van der Waals surface area contributed by atoms with Crippen molar-refractivity contribution in [3.05, 3.63) is 59.7 Å². The Morgan fingerprint density at radius 1 is 1.16 bits per heavy atom. The topological polar surface area (TPSA) is 73.0 Å². The van der Waals surface area contributed by atoms with Gasteiger partial charge in [-0.25, -0.2) is 13.1 Å². The molecule has 7 nitrogen and oxygen atoms in total. The number of hydrogen-bond acceptors (Lipinski definition) is 4. The predicted molar refractivity (Wildman–Crippen MR) is 94.9 cm³/mol. The number of hydrogen-bond donors (Lipinski definition) is 0. The monoisotopic (exact) mass is 359 g/mol. The van der Waals surface area contributed by atoms with Gasteiger partial charge in [-0.15, -0.1) is 0 Å². The zero-order valence-corrected chi connectivity index (χ0v) is 15.5. The molecule has 0 saturated carbocycles. The first kappa shape index (κ1) is 17.4. The molecule has 0 radical (unpaired) electrons. The van der Waals surface area contributed by atoms with Gasteiger partial charge in [-0.05, 0) is 26.0 Å². The molecule has 2 aromatic heterocycles. The van der Waals surface area contributed by atoms with Gasteiger partial charge >= 0.3 is 0 Å². The van der Waals surface area contributed by atoms with Crippen molar-refractivity contribution < 1.29 is 8.42 Å². The Morgan fingerprint density at radius 2 is 1.84 bits per heavy atom. The molecule has 0 aliphatic rings. The molecule has 0 spiro atoms. The first-order valence-corrected chi connectivity index (χ1v) is 9.30. The first-order valence-electron chi connectivity index (χ1n) is 7.86. The molecule has 0 fully saturated rings. The van der Waals surface area contributed by atoms with Crippen LogP contribution in [0.1, 0.15) is 17.0 Å². The largest absolute Gasteiger partial charge is 0.275 e. The van der Waals surface area contributed by atoms with E-state index in [1.54, 1.807) is 49.7 Å². The van der Waals surface area contributed by atoms with E-state index < -0.39 is 10.0 Å². The van der Waals surface area contributed by atoms with Crippen LogP contribution in [0.25, 0.3) is 5.69 Å². The van der Waals surface area contributed by atoms with Crippen LogP contribution in [0.5, 0.6) is 0 Å². The van der Waals surface area contributed by atoms with Crippen LogP contribution in [0.3, 0.4) is 0 Å². The molecule has 3 rings (SSSR count). The van der Waals surface area contributed by atoms with Crippen LogP contribution in [0.4, 0.5) is 0 Å². The normalized spacial score (nSPS) is 12.0. The summed E-state index contributed by atoms with van der Waals surface area (Å²) in [6.07, 6.45) is 3.47. The summed E-state index contributed by atoms with van der Waals surface area (Å²) in [4.78, 5) is 0.253. The Labute approximate surface area is 147 Å². The summed E-state index contributed by atoms with van der Waals surface area (Å²) in [5, 5.41) is 8.52. The lowest BCUT2D eigenvalue weighted by molar-refractivity contribution is 0.465. The van der Waals surface area contributed by atoms with Crippen molar-refractivity contribution in [1.82, 2.24) is 23.9 Å². The predicted octanol–water partition coefficient (Wildman–Crippen LogP) is 2.04. The molecular weight excluding hydrogens is 338 g/mol. The highest BCUT2D eigenvalue weighted by molar-refractivity contribution is 7.89. The molecular formula is C17H21N5O2S. The Kier molecular flexibility index (Phi) is 4.49. The molecule has 1 aromatic carbocycles. The maximum Gasteiger partial charge on any atom is 0.246 e. The number of sulfonamides is 1. The van der Waals surface area contributed by atoms with Crippen LogP contribution in [-0.4, -0.2) is 39.3 Å². The first-order chi connectivity index (χ1) is 11.8. The van der Waals surface area contributed by atoms with Crippen LogP contribution >= 0.6 is 0 Å². The quantitative estimate of drug-likeness (QED) is 0.699. The summed E-state index contributed by atoms with van der Waals surface area (Å²) in [6.45, 7) is 3.75. The maximum absolute atomic E-state index is 13.1. The van der Waals surface area contributed by atoms with Crippen molar-refractivity contribution in [3.63, 3.8) is 0 Å². The van der Waals surface area contributed by atoms with Gasteiger partial charge in [0.1, 0.15) is 4.90 Å². The number of nitrogens with zero attached hydrogens (tertiary/aromatic N) is 5. The molecule has 0 unspecified atom stereocenters. The third-order valence-corrected chi connectivity index (χ3v) is 6.11. The summed E-state index contributed by atoms with van der Waals surface area (Å²) >= 11 is 0. The van der Waals surface area contributed by atoms with E-state index in [4.69, 9.17) is 0 Å². The van der Waals surface area contributed by atoms with E-state index in [-0.39, 0.29) is 11.4 Å². The van der Waals surface area contributed by atoms with E-state index in [1.165, 1.54) is 4.31 Å². The molecule has 2 heterocycles. The molecule has 0 bridgehead atoms. The summed E-state index contributed by atoms with van der Waals surface area (Å²) in [7, 11) is -0.291. The van der Waals surface area contributed by atoms with Crippen molar-refractivity contribution in [2.75, 3.05) is 7.05 Å². The minimum absolute atomic E-state index is 0.253. The average molecular weight is 359 g/mol. The van der Waals surface area contributed by atoms with E-state index in [9.17, 15) is 8.42 Å². The van der Waals surface area contributed by atoms with Crippen molar-refractivity contribution >= 4 is 10.0 Å². The van der Waals surface area contributed by atoms with Crippen LogP contribution in [0.15, 0.2) is 47.6 Å². The van der Waals surface area contributed by atoms with Gasteiger partial charge in [0.2, 0.25) is 10.0 Å². The summed E-state index contributed by atoms with van der Waals surface area (Å²) in [6, 6.07) is 9.50. The highest BCUT2D eigenvalue weighted by Crippen LogP contribution is 2.25. The fraction of sp³-hybridized carbons (Fsp3) is 0.294. The van der Waals surface area contributed by atoms with Crippen LogP contribution in [0.2, 0.25) is 0 Å². The Hall–Kier alpha value is -2.45. The van der Waals surface area contributed by atoms with Crippen molar-refractivity contribution in [3.8, 4) is 5.69 Å². The molecule has 8 heteroatoms. The van der Waals surface area contributed by atoms with E-state index in [0.717, 1.165) is 11.3 Å². The van der Waals surface area contributed by atoms with Crippen molar-refractivity contribution in [2.24, 2.45) is 7.05 Å². The van der Waals surface area contributed by atoms with E-state index in [2.05, 4.69) is 10.2 Å². The van der Waals surface area contributed by atoms with E-state index in [1.807, 2.05) is 30.3 Å². The number of benzene rings is 1. The second-order valence-corrected chi connectivity index (χ2v) is 8.01. The number of rotatable bonds is 5. The molecule has 0 atom stereocenters. The Bertz CT molecular complexity index is 989. The van der Waals surface area contributed by atoms with Crippen molar-refractivity contribution in [2.45, 2.75) is 25.3 Å². The van der Waals surface area contributed by atoms with Gasteiger partial charge in [0.05, 0.1) is 23.3 Å². The molecule has 0 N–H and O–H groups in total. The van der Waals surface area contributed by atoms with Gasteiger partial charge in [-0.2, -0.15) is 14.5 Å². The number of aromatic nitrogens is 4. The third kappa shape index (κ3) is 3.22. The lowest BCUT2D eigenvalue weighted by atomic mass is 10.3. The fourth-order valence-corrected chi connectivity index (χ4v) is 4.38. The van der Waals surface area contributed by atoms with Gasteiger partial charge in [0, 0.05) is 32.4 Å². The van der Waals surface area contributed by atoms with E-state index in [0.29, 0.717) is 11.4 Å². The van der Waals surface area contributed by atoms with Crippen LogP contribution < -0.4 is 0 Å². The SMILES string of the molecule is Cc1nn(-c2ccccc2)c(C)c1S(=O)(=O)N(C)Cc1cnn(C)c1. The molecule has 0 aliphatic heterocycles. The molecule has 25 heavy (non-hydrogen) atoms. The minimum Gasteiger partial charge on any atom is -0.275 e. The number of aryl methyl sites for hydroxylation is 2. The second-order valence-electron chi connectivity index (χ2n) is 6.03. The zero-order valence-electron chi connectivity index (χ0n) is 14.7. The molecule has 3 aromatic rings. The van der Waals surface area contributed by atoms with Crippen molar-refractivity contribution in [1.29, 1.82) is 0 Å². The van der Waals surface area contributed by atoms with E-state index >= 15 is 0 Å². The van der Waals surface area contributed by atoms with Gasteiger partial charge in [0.25, 0.3) is 0 Å². The smallest absolute Gasteiger partial charge is 0.246 e.